The van der Waals surface area contributed by atoms with Crippen LogP contribution in [0, 0.1) is 5.82 Å². The molecule has 2 aromatic carbocycles. The zero-order valence-corrected chi connectivity index (χ0v) is 16.8. The van der Waals surface area contributed by atoms with E-state index in [4.69, 9.17) is 9.47 Å². The monoisotopic (exact) mass is 398 g/mol. The first-order chi connectivity index (χ1) is 14.2. The van der Waals surface area contributed by atoms with E-state index in [1.165, 1.54) is 12.1 Å². The third-order valence-corrected chi connectivity index (χ3v) is 4.58. The van der Waals surface area contributed by atoms with Gasteiger partial charge in [0.15, 0.2) is 5.96 Å². The van der Waals surface area contributed by atoms with E-state index in [9.17, 15) is 4.39 Å². The van der Waals surface area contributed by atoms with Crippen molar-refractivity contribution in [2.24, 2.45) is 4.99 Å². The van der Waals surface area contributed by atoms with Gasteiger partial charge in [-0.3, -0.25) is 4.99 Å². The van der Waals surface area contributed by atoms with Crippen molar-refractivity contribution < 1.29 is 13.9 Å². The number of aromatic nitrogens is 1. The van der Waals surface area contributed by atoms with Crippen molar-refractivity contribution in [1.29, 1.82) is 0 Å². The molecule has 1 aromatic heterocycles. The molecule has 0 fully saturated rings. The van der Waals surface area contributed by atoms with Gasteiger partial charge in [0.25, 0.3) is 0 Å². The van der Waals surface area contributed by atoms with Crippen LogP contribution in [-0.2, 0) is 17.7 Å². The van der Waals surface area contributed by atoms with Gasteiger partial charge in [0.05, 0.1) is 6.61 Å². The smallest absolute Gasteiger partial charge is 0.191 e. The molecule has 3 rings (SSSR count). The molecule has 0 bridgehead atoms. The molecule has 0 aliphatic rings. The Hall–Kier alpha value is -3.06. The fraction of sp³-hybridized carbons (Fsp3) is 0.318. The van der Waals surface area contributed by atoms with Crippen molar-refractivity contribution in [2.45, 2.75) is 13.0 Å². The van der Waals surface area contributed by atoms with Gasteiger partial charge in [0.1, 0.15) is 18.2 Å². The van der Waals surface area contributed by atoms with E-state index in [0.717, 1.165) is 46.7 Å². The highest BCUT2D eigenvalue weighted by atomic mass is 19.1. The zero-order valence-electron chi connectivity index (χ0n) is 16.8. The zero-order chi connectivity index (χ0) is 20.5. The summed E-state index contributed by atoms with van der Waals surface area (Å²) in [5, 5.41) is 7.66. The summed E-state index contributed by atoms with van der Waals surface area (Å²) in [7, 11) is 3.40. The summed E-state index contributed by atoms with van der Waals surface area (Å²) in [5.74, 6) is 1.33. The average molecular weight is 398 g/mol. The lowest BCUT2D eigenvalue weighted by atomic mass is 10.1. The number of ether oxygens (including phenoxy) is 2. The normalized spacial score (nSPS) is 11.6. The Balaban J connectivity index is 1.44. The van der Waals surface area contributed by atoms with Crippen molar-refractivity contribution in [3.63, 3.8) is 0 Å². The van der Waals surface area contributed by atoms with Crippen molar-refractivity contribution in [3.8, 4) is 5.75 Å². The van der Waals surface area contributed by atoms with Crippen LogP contribution in [-0.4, -0.2) is 44.9 Å². The Morgan fingerprint density at radius 1 is 1.10 bits per heavy atom. The number of hydrogen-bond acceptors (Lipinski definition) is 3. The molecule has 7 heteroatoms. The van der Waals surface area contributed by atoms with E-state index < -0.39 is 0 Å². The molecule has 0 aliphatic carbocycles. The molecule has 6 nitrogen and oxygen atoms in total. The van der Waals surface area contributed by atoms with Gasteiger partial charge in [-0.1, -0.05) is 12.1 Å². The predicted molar refractivity (Wildman–Crippen MR) is 114 cm³/mol. The molecule has 0 saturated heterocycles. The fourth-order valence-corrected chi connectivity index (χ4v) is 3.03. The lowest BCUT2D eigenvalue weighted by Gasteiger charge is -2.12. The third-order valence-electron chi connectivity index (χ3n) is 4.58. The Morgan fingerprint density at radius 2 is 1.93 bits per heavy atom. The average Bonchev–Trinajstić information content (AvgIpc) is 3.13. The van der Waals surface area contributed by atoms with Gasteiger partial charge >= 0.3 is 0 Å². The third kappa shape index (κ3) is 5.96. The van der Waals surface area contributed by atoms with Gasteiger partial charge in [-0.05, 0) is 47.9 Å². The van der Waals surface area contributed by atoms with Crippen LogP contribution in [0.25, 0.3) is 10.9 Å². The van der Waals surface area contributed by atoms with Gasteiger partial charge < -0.3 is 25.1 Å². The van der Waals surface area contributed by atoms with Gasteiger partial charge in [0, 0.05) is 44.3 Å². The quantitative estimate of drug-likeness (QED) is 0.294. The molecular weight excluding hydrogens is 371 g/mol. The van der Waals surface area contributed by atoms with Crippen LogP contribution in [0.15, 0.2) is 53.7 Å². The second kappa shape index (κ2) is 10.5. The van der Waals surface area contributed by atoms with Gasteiger partial charge in [-0.15, -0.1) is 0 Å². The van der Waals surface area contributed by atoms with Gasteiger partial charge in [-0.25, -0.2) is 4.39 Å². The molecule has 3 aromatic rings. The summed E-state index contributed by atoms with van der Waals surface area (Å²) in [6.07, 6.45) is 2.73. The van der Waals surface area contributed by atoms with E-state index in [1.54, 1.807) is 14.2 Å². The number of H-pyrrole nitrogens is 1. The molecule has 0 atom stereocenters. The molecule has 29 heavy (non-hydrogen) atoms. The van der Waals surface area contributed by atoms with Crippen LogP contribution in [0.4, 0.5) is 4.39 Å². The molecule has 154 valence electrons. The number of guanidine groups is 1. The summed E-state index contributed by atoms with van der Waals surface area (Å²) >= 11 is 0. The maximum atomic E-state index is 13.3. The predicted octanol–water partition coefficient (Wildman–Crippen LogP) is 3.24. The van der Waals surface area contributed by atoms with E-state index in [-0.39, 0.29) is 5.82 Å². The molecular formula is C22H27FN4O2. The lowest BCUT2D eigenvalue weighted by Crippen LogP contribution is -2.37. The second-order valence-electron chi connectivity index (χ2n) is 6.59. The number of aromatic amines is 1. The number of aliphatic imine (C=N–C) groups is 1. The summed E-state index contributed by atoms with van der Waals surface area (Å²) in [6.45, 7) is 2.48. The number of benzene rings is 2. The molecule has 0 aliphatic heterocycles. The second-order valence-corrected chi connectivity index (χ2v) is 6.59. The fourth-order valence-electron chi connectivity index (χ4n) is 3.03. The molecule has 0 saturated carbocycles. The van der Waals surface area contributed by atoms with Gasteiger partial charge in [0.2, 0.25) is 0 Å². The summed E-state index contributed by atoms with van der Waals surface area (Å²) in [6, 6.07) is 12.8. The molecule has 0 unspecified atom stereocenters. The van der Waals surface area contributed by atoms with Crippen molar-refractivity contribution in [1.82, 2.24) is 15.6 Å². The number of nitrogens with one attached hydrogen (secondary N) is 3. The Kier molecular flexibility index (Phi) is 7.47. The summed E-state index contributed by atoms with van der Waals surface area (Å²) in [5.41, 5.74) is 3.09. The number of nitrogens with zero attached hydrogens (tertiary/aromatic N) is 1. The van der Waals surface area contributed by atoms with E-state index in [0.29, 0.717) is 19.8 Å². The Bertz CT molecular complexity index is 938. The first kappa shape index (κ1) is 20.7. The van der Waals surface area contributed by atoms with Crippen molar-refractivity contribution in [3.05, 3.63) is 65.6 Å². The van der Waals surface area contributed by atoms with Crippen molar-refractivity contribution in [2.75, 3.05) is 33.9 Å². The molecule has 0 spiro atoms. The summed E-state index contributed by atoms with van der Waals surface area (Å²) in [4.78, 5) is 7.38. The number of hydrogen-bond donors (Lipinski definition) is 3. The molecule has 0 amide bonds. The highest BCUT2D eigenvalue weighted by Gasteiger charge is 2.05. The largest absolute Gasteiger partial charge is 0.491 e. The van der Waals surface area contributed by atoms with Crippen LogP contribution in [0.1, 0.15) is 11.1 Å². The minimum Gasteiger partial charge on any atom is -0.491 e. The number of fused-ring (bicyclic) bond motifs is 1. The Morgan fingerprint density at radius 3 is 2.69 bits per heavy atom. The Labute approximate surface area is 170 Å². The van der Waals surface area contributed by atoms with Crippen LogP contribution in [0.3, 0.4) is 0 Å². The van der Waals surface area contributed by atoms with E-state index >= 15 is 0 Å². The number of halogens is 1. The standard InChI is InChI=1S/C22H27FN4O2/c1-24-22(27-14-16-3-6-19(7-4-16)29-12-11-28-2)25-10-9-17-15-26-21-13-18(23)5-8-20(17)21/h3-8,13,15,26H,9-12,14H2,1-2H3,(H2,24,25,27). The van der Waals surface area contributed by atoms with Crippen LogP contribution < -0.4 is 15.4 Å². The van der Waals surface area contributed by atoms with Gasteiger partial charge in [-0.2, -0.15) is 0 Å². The molecule has 3 N–H and O–H groups in total. The first-order valence-corrected chi connectivity index (χ1v) is 9.60. The van der Waals surface area contributed by atoms with Crippen LogP contribution in [0.2, 0.25) is 0 Å². The number of rotatable bonds is 9. The maximum absolute atomic E-state index is 13.3. The van der Waals surface area contributed by atoms with E-state index in [1.807, 2.05) is 36.5 Å². The SMILES string of the molecule is CN=C(NCCc1c[nH]c2cc(F)ccc12)NCc1ccc(OCCOC)cc1. The maximum Gasteiger partial charge on any atom is 0.191 e. The molecule has 0 radical (unpaired) electrons. The van der Waals surface area contributed by atoms with Crippen LogP contribution in [0.5, 0.6) is 5.75 Å². The minimum absolute atomic E-state index is 0.233. The van der Waals surface area contributed by atoms with E-state index in [2.05, 4.69) is 20.6 Å². The van der Waals surface area contributed by atoms with Crippen LogP contribution >= 0.6 is 0 Å². The number of methoxy groups -OCH3 is 1. The topological polar surface area (TPSA) is 70.7 Å². The summed E-state index contributed by atoms with van der Waals surface area (Å²) < 4.78 is 23.8. The highest BCUT2D eigenvalue weighted by Crippen LogP contribution is 2.19. The highest BCUT2D eigenvalue weighted by molar-refractivity contribution is 5.83. The molecule has 1 heterocycles. The first-order valence-electron chi connectivity index (χ1n) is 9.60. The van der Waals surface area contributed by atoms with Crippen molar-refractivity contribution >= 4 is 16.9 Å². The lowest BCUT2D eigenvalue weighted by molar-refractivity contribution is 0.146. The minimum atomic E-state index is -0.233.